The molecule has 0 amide bonds. The third-order valence-electron chi connectivity index (χ3n) is 4.14. The van der Waals surface area contributed by atoms with E-state index < -0.39 is 5.60 Å². The molecule has 22 heavy (non-hydrogen) atoms. The van der Waals surface area contributed by atoms with Crippen molar-refractivity contribution in [3.05, 3.63) is 46.3 Å². The van der Waals surface area contributed by atoms with Crippen molar-refractivity contribution in [2.24, 2.45) is 5.11 Å². The summed E-state index contributed by atoms with van der Waals surface area (Å²) in [5.74, 6) is 0. The van der Waals surface area contributed by atoms with Gasteiger partial charge in [0, 0.05) is 24.5 Å². The van der Waals surface area contributed by atoms with Crippen LogP contribution in [0.25, 0.3) is 10.4 Å². The summed E-state index contributed by atoms with van der Waals surface area (Å²) < 4.78 is 5.69. The van der Waals surface area contributed by atoms with Crippen molar-refractivity contribution in [1.82, 2.24) is 4.90 Å². The smallest absolute Gasteiger partial charge is 0.0728 e. The lowest BCUT2D eigenvalue weighted by molar-refractivity contribution is -0.0193. The molecule has 1 aliphatic heterocycles. The minimum Gasteiger partial charge on any atom is -0.390 e. The molecule has 0 unspecified atom stereocenters. The van der Waals surface area contributed by atoms with Crippen LogP contribution in [0.2, 0.25) is 0 Å². The molecule has 1 aromatic rings. The van der Waals surface area contributed by atoms with E-state index in [2.05, 4.69) is 27.1 Å². The van der Waals surface area contributed by atoms with Crippen LogP contribution in [0.3, 0.4) is 0 Å². The van der Waals surface area contributed by atoms with E-state index in [1.807, 2.05) is 18.2 Å². The number of likely N-dealkylation sites (tertiary alicyclic amines) is 1. The molecule has 1 aromatic carbocycles. The summed E-state index contributed by atoms with van der Waals surface area (Å²) in [7, 11) is 0. The van der Waals surface area contributed by atoms with Gasteiger partial charge in [0.1, 0.15) is 0 Å². The average molecular weight is 304 g/mol. The van der Waals surface area contributed by atoms with Crippen molar-refractivity contribution in [1.29, 1.82) is 0 Å². The van der Waals surface area contributed by atoms with E-state index in [1.54, 1.807) is 0 Å². The van der Waals surface area contributed by atoms with Gasteiger partial charge in [-0.05, 0) is 30.4 Å². The number of azide groups is 1. The topological polar surface area (TPSA) is 81.5 Å². The monoisotopic (exact) mass is 304 g/mol. The molecule has 0 aliphatic carbocycles. The first-order valence-electron chi connectivity index (χ1n) is 7.79. The maximum Gasteiger partial charge on any atom is 0.0728 e. The van der Waals surface area contributed by atoms with Crippen LogP contribution in [-0.2, 0) is 11.2 Å². The third kappa shape index (κ3) is 5.66. The fourth-order valence-corrected chi connectivity index (χ4v) is 2.64. The lowest BCUT2D eigenvalue weighted by Gasteiger charge is -2.37. The van der Waals surface area contributed by atoms with Crippen molar-refractivity contribution in [3.63, 3.8) is 0 Å². The molecule has 2 rings (SSSR count). The van der Waals surface area contributed by atoms with Gasteiger partial charge in [0.25, 0.3) is 0 Å². The molecular weight excluding hydrogens is 280 g/mol. The molecule has 1 saturated heterocycles. The number of benzene rings is 1. The summed E-state index contributed by atoms with van der Waals surface area (Å²) in [4.78, 5) is 5.01. The van der Waals surface area contributed by atoms with Gasteiger partial charge >= 0.3 is 0 Å². The molecule has 1 heterocycles. The molecule has 0 radical (unpaired) electrons. The van der Waals surface area contributed by atoms with Crippen molar-refractivity contribution >= 4 is 0 Å². The van der Waals surface area contributed by atoms with E-state index in [0.717, 1.165) is 32.7 Å². The van der Waals surface area contributed by atoms with E-state index in [9.17, 15) is 5.11 Å². The minimum atomic E-state index is -0.823. The summed E-state index contributed by atoms with van der Waals surface area (Å²) in [6.07, 6.45) is 2.23. The van der Waals surface area contributed by atoms with Crippen LogP contribution < -0.4 is 0 Å². The number of piperidine rings is 1. The Balaban J connectivity index is 1.56. The summed E-state index contributed by atoms with van der Waals surface area (Å²) in [5.41, 5.74) is 8.81. The lowest BCUT2D eigenvalue weighted by Crippen LogP contribution is -2.46. The Morgan fingerprint density at radius 2 is 1.95 bits per heavy atom. The number of rotatable bonds is 8. The van der Waals surface area contributed by atoms with Crippen LogP contribution in [-0.4, -0.2) is 55.0 Å². The standard InChI is InChI=1S/C16H24N4O2/c17-19-18-14-16(21)7-9-20(10-8-16)11-13-22-12-6-15-4-2-1-3-5-15/h1-5,21H,6-14H2. The highest BCUT2D eigenvalue weighted by Gasteiger charge is 2.31. The number of hydrogen-bond donors (Lipinski definition) is 1. The normalized spacial score (nSPS) is 17.9. The maximum atomic E-state index is 10.2. The van der Waals surface area contributed by atoms with Crippen molar-refractivity contribution < 1.29 is 9.84 Å². The van der Waals surface area contributed by atoms with E-state index >= 15 is 0 Å². The Kier molecular flexibility index (Phi) is 6.68. The Morgan fingerprint density at radius 1 is 1.23 bits per heavy atom. The molecule has 0 atom stereocenters. The zero-order valence-electron chi connectivity index (χ0n) is 12.9. The first-order chi connectivity index (χ1) is 10.7. The number of hydrogen-bond acceptors (Lipinski definition) is 4. The van der Waals surface area contributed by atoms with Gasteiger partial charge < -0.3 is 14.7 Å². The highest BCUT2D eigenvalue weighted by Crippen LogP contribution is 2.22. The summed E-state index contributed by atoms with van der Waals surface area (Å²) in [6, 6.07) is 10.3. The minimum absolute atomic E-state index is 0.172. The van der Waals surface area contributed by atoms with Gasteiger partial charge in [0.15, 0.2) is 0 Å². The van der Waals surface area contributed by atoms with Crippen LogP contribution in [0.5, 0.6) is 0 Å². The molecule has 6 heteroatoms. The second-order valence-electron chi connectivity index (χ2n) is 5.80. The van der Waals surface area contributed by atoms with Crippen molar-refractivity contribution in [3.8, 4) is 0 Å². The Hall–Kier alpha value is -1.59. The van der Waals surface area contributed by atoms with Gasteiger partial charge in [-0.2, -0.15) is 0 Å². The molecule has 0 spiro atoms. The van der Waals surface area contributed by atoms with Gasteiger partial charge in [0.05, 0.1) is 25.4 Å². The van der Waals surface area contributed by atoms with E-state index in [1.165, 1.54) is 5.56 Å². The van der Waals surface area contributed by atoms with Gasteiger partial charge in [-0.1, -0.05) is 35.4 Å². The largest absolute Gasteiger partial charge is 0.390 e. The Morgan fingerprint density at radius 3 is 2.64 bits per heavy atom. The summed E-state index contributed by atoms with van der Waals surface area (Å²) in [5, 5.41) is 13.7. The third-order valence-corrected chi connectivity index (χ3v) is 4.14. The fraction of sp³-hybridized carbons (Fsp3) is 0.625. The zero-order valence-corrected chi connectivity index (χ0v) is 12.9. The molecule has 0 bridgehead atoms. The van der Waals surface area contributed by atoms with Crippen molar-refractivity contribution in [2.75, 3.05) is 39.4 Å². The van der Waals surface area contributed by atoms with Crippen LogP contribution in [0.15, 0.2) is 35.4 Å². The molecule has 1 N–H and O–H groups in total. The van der Waals surface area contributed by atoms with Gasteiger partial charge in [-0.25, -0.2) is 0 Å². The van der Waals surface area contributed by atoms with E-state index in [4.69, 9.17) is 10.3 Å². The SMILES string of the molecule is [N-]=[N+]=NCC1(O)CCN(CCOCCc2ccccc2)CC1. The number of aliphatic hydroxyl groups is 1. The lowest BCUT2D eigenvalue weighted by atomic mass is 9.92. The van der Waals surface area contributed by atoms with Crippen LogP contribution in [0.1, 0.15) is 18.4 Å². The highest BCUT2D eigenvalue weighted by atomic mass is 16.5. The predicted molar refractivity (Wildman–Crippen MR) is 85.6 cm³/mol. The van der Waals surface area contributed by atoms with Crippen LogP contribution in [0, 0.1) is 0 Å². The number of nitrogens with zero attached hydrogens (tertiary/aromatic N) is 4. The second kappa shape index (κ2) is 8.76. The molecular formula is C16H24N4O2. The van der Waals surface area contributed by atoms with Gasteiger partial charge in [-0.3, -0.25) is 0 Å². The first-order valence-corrected chi connectivity index (χ1v) is 7.79. The first kappa shape index (κ1) is 16.8. The number of ether oxygens (including phenoxy) is 1. The molecule has 120 valence electrons. The Labute approximate surface area is 131 Å². The molecule has 6 nitrogen and oxygen atoms in total. The van der Waals surface area contributed by atoms with Crippen LogP contribution in [0.4, 0.5) is 0 Å². The summed E-state index contributed by atoms with van der Waals surface area (Å²) in [6.45, 7) is 4.14. The van der Waals surface area contributed by atoms with Gasteiger partial charge in [-0.15, -0.1) is 0 Å². The van der Waals surface area contributed by atoms with Gasteiger partial charge in [0.2, 0.25) is 0 Å². The molecule has 1 aliphatic rings. The van der Waals surface area contributed by atoms with E-state index in [0.29, 0.717) is 19.4 Å². The van der Waals surface area contributed by atoms with Crippen molar-refractivity contribution in [2.45, 2.75) is 24.9 Å². The second-order valence-corrected chi connectivity index (χ2v) is 5.80. The average Bonchev–Trinajstić information content (AvgIpc) is 2.56. The molecule has 1 fully saturated rings. The quantitative estimate of drug-likeness (QED) is 0.346. The molecule has 0 aromatic heterocycles. The van der Waals surface area contributed by atoms with E-state index in [-0.39, 0.29) is 6.54 Å². The molecule has 0 saturated carbocycles. The van der Waals surface area contributed by atoms with Crippen LogP contribution >= 0.6 is 0 Å². The zero-order chi connectivity index (χ0) is 15.7. The summed E-state index contributed by atoms with van der Waals surface area (Å²) >= 11 is 0. The maximum absolute atomic E-state index is 10.2. The fourth-order valence-electron chi connectivity index (χ4n) is 2.64. The highest BCUT2D eigenvalue weighted by molar-refractivity contribution is 5.14. The Bertz CT molecular complexity index is 480. The predicted octanol–water partition coefficient (Wildman–Crippen LogP) is 2.38.